The minimum Gasteiger partial charge on any atom is -0.494 e. The fourth-order valence-electron chi connectivity index (χ4n) is 2.35. The van der Waals surface area contributed by atoms with Gasteiger partial charge in [-0.15, -0.1) is 0 Å². The fraction of sp³-hybridized carbons (Fsp3) is 0.214. The van der Waals surface area contributed by atoms with Gasteiger partial charge in [-0.25, -0.2) is 0 Å². The topological polar surface area (TPSA) is 82.4 Å². The van der Waals surface area contributed by atoms with Crippen molar-refractivity contribution >= 4 is 17.9 Å². The molecule has 1 atom stereocenters. The Balaban J connectivity index is 1.96. The summed E-state index contributed by atoms with van der Waals surface area (Å²) >= 11 is 4.95. The third-order valence-electron chi connectivity index (χ3n) is 3.54. The number of aromatic nitrogens is 2. The number of nitrogens with zero attached hydrogens (tertiary/aromatic N) is 2. The largest absolute Gasteiger partial charge is 0.494 e. The van der Waals surface area contributed by atoms with Gasteiger partial charge >= 0.3 is 0 Å². The SMILES string of the molecule is Cn1c(O)c(C2=NN[C@H](c3ccccc3)C2)c(=O)[nH]c1=S. The van der Waals surface area contributed by atoms with Crippen LogP contribution in [0.4, 0.5) is 0 Å². The van der Waals surface area contributed by atoms with Crippen molar-refractivity contribution in [3.05, 3.63) is 56.6 Å². The predicted molar refractivity (Wildman–Crippen MR) is 82.0 cm³/mol. The molecule has 0 fully saturated rings. The Morgan fingerprint density at radius 3 is 2.81 bits per heavy atom. The zero-order valence-corrected chi connectivity index (χ0v) is 12.1. The lowest BCUT2D eigenvalue weighted by Crippen LogP contribution is -2.21. The minimum absolute atomic E-state index is 0.00603. The molecule has 108 valence electrons. The van der Waals surface area contributed by atoms with Crippen molar-refractivity contribution in [2.75, 3.05) is 0 Å². The lowest BCUT2D eigenvalue weighted by atomic mass is 10.0. The van der Waals surface area contributed by atoms with Gasteiger partial charge in [0.2, 0.25) is 5.88 Å². The van der Waals surface area contributed by atoms with E-state index in [1.54, 1.807) is 7.05 Å². The molecule has 21 heavy (non-hydrogen) atoms. The second kappa shape index (κ2) is 5.17. The van der Waals surface area contributed by atoms with Gasteiger partial charge in [-0.1, -0.05) is 30.3 Å². The number of rotatable bonds is 2. The molecule has 0 saturated heterocycles. The molecule has 0 spiro atoms. The van der Waals surface area contributed by atoms with Crippen LogP contribution in [0, 0.1) is 4.77 Å². The second-order valence-corrected chi connectivity index (χ2v) is 5.26. The predicted octanol–water partition coefficient (Wildman–Crippen LogP) is 1.59. The quantitative estimate of drug-likeness (QED) is 0.736. The van der Waals surface area contributed by atoms with Crippen molar-refractivity contribution in [3.63, 3.8) is 0 Å². The molecule has 3 rings (SSSR count). The van der Waals surface area contributed by atoms with Gasteiger partial charge in [0.1, 0.15) is 5.56 Å². The molecule has 1 aromatic heterocycles. The molecule has 2 aromatic rings. The molecule has 1 aliphatic rings. The first kappa shape index (κ1) is 13.6. The van der Waals surface area contributed by atoms with Crippen LogP contribution >= 0.6 is 12.2 Å². The number of hydrogen-bond acceptors (Lipinski definition) is 5. The monoisotopic (exact) mass is 302 g/mol. The van der Waals surface area contributed by atoms with Crippen molar-refractivity contribution in [1.29, 1.82) is 0 Å². The van der Waals surface area contributed by atoms with E-state index in [1.807, 2.05) is 30.3 Å². The number of hydrogen-bond donors (Lipinski definition) is 3. The molecular weight excluding hydrogens is 288 g/mol. The van der Waals surface area contributed by atoms with Crippen molar-refractivity contribution in [3.8, 4) is 5.88 Å². The highest BCUT2D eigenvalue weighted by Gasteiger charge is 2.26. The van der Waals surface area contributed by atoms with Crippen LogP contribution in [0.2, 0.25) is 0 Å². The van der Waals surface area contributed by atoms with E-state index in [0.29, 0.717) is 12.1 Å². The van der Waals surface area contributed by atoms with Gasteiger partial charge in [0.05, 0.1) is 11.8 Å². The van der Waals surface area contributed by atoms with Gasteiger partial charge in [0, 0.05) is 13.5 Å². The first-order valence-corrected chi connectivity index (χ1v) is 6.88. The zero-order valence-electron chi connectivity index (χ0n) is 11.3. The zero-order chi connectivity index (χ0) is 15.0. The number of H-pyrrole nitrogens is 1. The van der Waals surface area contributed by atoms with Gasteiger partial charge in [-0.2, -0.15) is 5.10 Å². The number of aromatic amines is 1. The molecule has 1 aromatic carbocycles. The smallest absolute Gasteiger partial charge is 0.264 e. The lowest BCUT2D eigenvalue weighted by Gasteiger charge is -2.10. The molecule has 1 aliphatic heterocycles. The molecule has 0 saturated carbocycles. The minimum atomic E-state index is -0.426. The first-order valence-electron chi connectivity index (χ1n) is 6.47. The number of hydrazone groups is 1. The summed E-state index contributed by atoms with van der Waals surface area (Å²) in [6.07, 6.45) is 0.525. The summed E-state index contributed by atoms with van der Waals surface area (Å²) in [5, 5.41) is 14.3. The summed E-state index contributed by atoms with van der Waals surface area (Å²) in [6.45, 7) is 0. The maximum atomic E-state index is 12.0. The fourth-order valence-corrected chi connectivity index (χ4v) is 2.52. The Morgan fingerprint density at radius 1 is 1.38 bits per heavy atom. The third-order valence-corrected chi connectivity index (χ3v) is 3.91. The summed E-state index contributed by atoms with van der Waals surface area (Å²) in [5.74, 6) is -0.169. The Bertz CT molecular complexity index is 823. The van der Waals surface area contributed by atoms with Gasteiger partial charge in [-0.05, 0) is 17.8 Å². The summed E-state index contributed by atoms with van der Waals surface area (Å²) in [4.78, 5) is 14.6. The summed E-state index contributed by atoms with van der Waals surface area (Å²) in [5.41, 5.74) is 4.34. The van der Waals surface area contributed by atoms with E-state index in [1.165, 1.54) is 4.57 Å². The van der Waals surface area contributed by atoms with Crippen molar-refractivity contribution in [2.45, 2.75) is 12.5 Å². The van der Waals surface area contributed by atoms with Crippen LogP contribution in [0.15, 0.2) is 40.2 Å². The molecule has 0 bridgehead atoms. The van der Waals surface area contributed by atoms with Gasteiger partial charge in [0.25, 0.3) is 5.56 Å². The standard InChI is InChI=1S/C14H14N4O2S/c1-18-13(20)11(12(19)15-14(18)21)10-7-9(16-17-10)8-5-3-2-4-6-8/h2-6,9,16,20H,7H2,1H3,(H,15,19,21)/t9-/m0/s1. The summed E-state index contributed by atoms with van der Waals surface area (Å²) in [7, 11) is 1.59. The van der Waals surface area contributed by atoms with Crippen LogP contribution in [0.5, 0.6) is 5.88 Å². The molecule has 0 aliphatic carbocycles. The van der Waals surface area contributed by atoms with Crippen LogP contribution in [-0.4, -0.2) is 20.4 Å². The molecule has 0 unspecified atom stereocenters. The highest BCUT2D eigenvalue weighted by Crippen LogP contribution is 2.25. The molecule has 3 N–H and O–H groups in total. The second-order valence-electron chi connectivity index (χ2n) is 4.87. The lowest BCUT2D eigenvalue weighted by molar-refractivity contribution is 0.419. The van der Waals surface area contributed by atoms with Gasteiger partial charge in [-0.3, -0.25) is 14.3 Å². The highest BCUT2D eigenvalue weighted by atomic mass is 32.1. The number of aromatic hydroxyl groups is 1. The van der Waals surface area contributed by atoms with Crippen LogP contribution in [0.3, 0.4) is 0 Å². The highest BCUT2D eigenvalue weighted by molar-refractivity contribution is 7.71. The Labute approximate surface area is 125 Å². The van der Waals surface area contributed by atoms with Crippen LogP contribution in [0.1, 0.15) is 23.6 Å². The summed E-state index contributed by atoms with van der Waals surface area (Å²) < 4.78 is 1.53. The van der Waals surface area contributed by atoms with Crippen molar-refractivity contribution < 1.29 is 5.11 Å². The van der Waals surface area contributed by atoms with Crippen LogP contribution in [0.25, 0.3) is 0 Å². The summed E-state index contributed by atoms with van der Waals surface area (Å²) in [6, 6.07) is 9.82. The van der Waals surface area contributed by atoms with Crippen LogP contribution in [-0.2, 0) is 7.05 Å². The van der Waals surface area contributed by atoms with Crippen molar-refractivity contribution in [2.24, 2.45) is 12.1 Å². The molecule has 2 heterocycles. The van der Waals surface area contributed by atoms with E-state index in [0.717, 1.165) is 5.56 Å². The van der Waals surface area contributed by atoms with E-state index in [9.17, 15) is 9.90 Å². The average molecular weight is 302 g/mol. The van der Waals surface area contributed by atoms with E-state index in [4.69, 9.17) is 12.2 Å². The first-order chi connectivity index (χ1) is 10.1. The van der Waals surface area contributed by atoms with Crippen LogP contribution < -0.4 is 11.0 Å². The number of benzene rings is 1. The molecule has 7 heteroatoms. The molecule has 0 radical (unpaired) electrons. The number of nitrogens with one attached hydrogen (secondary N) is 2. The average Bonchev–Trinajstić information content (AvgIpc) is 2.95. The maximum Gasteiger partial charge on any atom is 0.264 e. The Morgan fingerprint density at radius 2 is 2.10 bits per heavy atom. The Hall–Kier alpha value is -2.41. The third kappa shape index (κ3) is 2.36. The normalized spacial score (nSPS) is 17.4. The molecule has 0 amide bonds. The van der Waals surface area contributed by atoms with E-state index in [-0.39, 0.29) is 22.3 Å². The maximum absolute atomic E-state index is 12.0. The molecular formula is C14H14N4O2S. The van der Waals surface area contributed by atoms with Gasteiger partial charge in [0.15, 0.2) is 4.77 Å². The van der Waals surface area contributed by atoms with Crippen molar-refractivity contribution in [1.82, 2.24) is 15.0 Å². The van der Waals surface area contributed by atoms with E-state index < -0.39 is 5.56 Å². The molecule has 6 nitrogen and oxygen atoms in total. The van der Waals surface area contributed by atoms with Gasteiger partial charge < -0.3 is 10.5 Å². The van der Waals surface area contributed by atoms with E-state index >= 15 is 0 Å². The Kier molecular flexibility index (Phi) is 3.34. The van der Waals surface area contributed by atoms with E-state index in [2.05, 4.69) is 15.5 Å².